The van der Waals surface area contributed by atoms with Crippen molar-refractivity contribution < 1.29 is 19.5 Å². The molecule has 0 radical (unpaired) electrons. The Morgan fingerprint density at radius 2 is 1.65 bits per heavy atom. The highest BCUT2D eigenvalue weighted by molar-refractivity contribution is 7.80. The molecule has 2 aromatic carbocycles. The fourth-order valence-electron chi connectivity index (χ4n) is 5.02. The Morgan fingerprint density at radius 1 is 1.00 bits per heavy atom. The van der Waals surface area contributed by atoms with E-state index in [-0.39, 0.29) is 33.0 Å². The molecule has 1 unspecified atom stereocenters. The van der Waals surface area contributed by atoms with Crippen molar-refractivity contribution in [2.75, 3.05) is 23.8 Å². The molecule has 1 aromatic heterocycles. The number of hydrogen-bond donors (Lipinski definition) is 4. The van der Waals surface area contributed by atoms with Gasteiger partial charge in [-0.05, 0) is 60.8 Å². The van der Waals surface area contributed by atoms with E-state index >= 15 is 0 Å². The minimum absolute atomic E-state index is 0.110. The van der Waals surface area contributed by atoms with Gasteiger partial charge >= 0.3 is 5.97 Å². The minimum Gasteiger partial charge on any atom is -0.480 e. The Morgan fingerprint density at radius 3 is 2.30 bits per heavy atom. The number of rotatable bonds is 10. The number of nitrogens with one attached hydrogen (secondary N) is 3. The van der Waals surface area contributed by atoms with Crippen molar-refractivity contribution in [3.8, 4) is 0 Å². The third kappa shape index (κ3) is 8.65. The number of halogens is 2. The molecule has 0 aliphatic heterocycles. The lowest BCUT2D eigenvalue weighted by molar-refractivity contribution is -0.139. The van der Waals surface area contributed by atoms with E-state index in [1.165, 1.54) is 31.7 Å². The molecule has 1 aliphatic rings. The average Bonchev–Trinajstić information content (AvgIpc) is 3.00. The van der Waals surface area contributed by atoms with Gasteiger partial charge in [-0.15, -0.1) is 0 Å². The van der Waals surface area contributed by atoms with Gasteiger partial charge in [0.15, 0.2) is 5.11 Å². The van der Waals surface area contributed by atoms with Crippen LogP contribution in [0.25, 0.3) is 0 Å². The van der Waals surface area contributed by atoms with Crippen LogP contribution in [0.5, 0.6) is 0 Å². The standard InChI is InChI=1S/C31H33Cl2N5O4S/c1-38(26-10-6-5-9-22(26)28(39)35-16-20-7-3-2-4-8-20)31(43)37-25(30(41)42)15-19-11-13-21(14-12-19)36-29(40)27-23(32)17-34-18-24(27)33/h5-6,9-14,17-18,20,25H,2-4,7-8,15-16H2,1H3,(H,35,39)(H,36,40)(H,37,43)(H,41,42). The van der Waals surface area contributed by atoms with Crippen LogP contribution in [0.3, 0.4) is 0 Å². The number of nitrogens with zero attached hydrogens (tertiary/aromatic N) is 2. The van der Waals surface area contributed by atoms with Gasteiger partial charge in [0, 0.05) is 38.1 Å². The first kappa shape index (κ1) is 32.2. The van der Waals surface area contributed by atoms with Gasteiger partial charge in [0.1, 0.15) is 6.04 Å². The first-order valence-corrected chi connectivity index (χ1v) is 15.1. The number of carbonyl (C=O) groups is 3. The number of benzene rings is 2. The lowest BCUT2D eigenvalue weighted by Crippen LogP contribution is -2.48. The predicted molar refractivity (Wildman–Crippen MR) is 173 cm³/mol. The first-order valence-electron chi connectivity index (χ1n) is 14.0. The van der Waals surface area contributed by atoms with E-state index in [1.54, 1.807) is 60.5 Å². The average molecular weight is 643 g/mol. The van der Waals surface area contributed by atoms with Gasteiger partial charge in [0.25, 0.3) is 11.8 Å². The second-order valence-corrected chi connectivity index (χ2v) is 11.7. The van der Waals surface area contributed by atoms with Gasteiger partial charge < -0.3 is 26.0 Å². The van der Waals surface area contributed by atoms with Crippen LogP contribution in [0.4, 0.5) is 11.4 Å². The zero-order valence-electron chi connectivity index (χ0n) is 23.6. The highest BCUT2D eigenvalue weighted by atomic mass is 35.5. The predicted octanol–water partition coefficient (Wildman–Crippen LogP) is 5.96. The summed E-state index contributed by atoms with van der Waals surface area (Å²) >= 11 is 17.7. The molecule has 4 rings (SSSR count). The molecule has 3 aromatic rings. The van der Waals surface area contributed by atoms with E-state index < -0.39 is 17.9 Å². The molecule has 0 saturated heterocycles. The van der Waals surface area contributed by atoms with Gasteiger partial charge in [-0.25, -0.2) is 4.79 Å². The van der Waals surface area contributed by atoms with Gasteiger partial charge in [-0.1, -0.05) is 66.7 Å². The van der Waals surface area contributed by atoms with E-state index in [2.05, 4.69) is 20.9 Å². The van der Waals surface area contributed by atoms with Crippen molar-refractivity contribution in [3.05, 3.63) is 87.7 Å². The number of carboxylic acids is 1. The van der Waals surface area contributed by atoms with Gasteiger partial charge in [0.2, 0.25) is 0 Å². The molecule has 226 valence electrons. The number of amides is 2. The maximum absolute atomic E-state index is 13.1. The van der Waals surface area contributed by atoms with Crippen LogP contribution in [-0.2, 0) is 11.2 Å². The van der Waals surface area contributed by atoms with E-state index in [4.69, 9.17) is 35.4 Å². The second-order valence-electron chi connectivity index (χ2n) is 10.5. The molecule has 4 N–H and O–H groups in total. The van der Waals surface area contributed by atoms with Gasteiger partial charge in [0.05, 0.1) is 26.9 Å². The van der Waals surface area contributed by atoms with E-state index in [1.807, 2.05) is 0 Å². The van der Waals surface area contributed by atoms with Crippen molar-refractivity contribution in [2.45, 2.75) is 44.6 Å². The summed E-state index contributed by atoms with van der Waals surface area (Å²) in [6.45, 7) is 0.633. The Kier molecular flexibility index (Phi) is 11.3. The quantitative estimate of drug-likeness (QED) is 0.200. The summed E-state index contributed by atoms with van der Waals surface area (Å²) in [6, 6.07) is 12.8. The summed E-state index contributed by atoms with van der Waals surface area (Å²) in [6.07, 6.45) is 8.67. The van der Waals surface area contributed by atoms with Crippen LogP contribution in [0.15, 0.2) is 60.9 Å². The topological polar surface area (TPSA) is 124 Å². The van der Waals surface area contributed by atoms with Crippen molar-refractivity contribution >= 4 is 69.7 Å². The smallest absolute Gasteiger partial charge is 0.326 e. The molecule has 1 heterocycles. The maximum Gasteiger partial charge on any atom is 0.326 e. The van der Waals surface area contributed by atoms with E-state index in [0.717, 1.165) is 12.8 Å². The molecule has 0 bridgehead atoms. The molecular weight excluding hydrogens is 609 g/mol. The van der Waals surface area contributed by atoms with Crippen LogP contribution < -0.4 is 20.9 Å². The Labute approximate surface area is 266 Å². The molecule has 1 aliphatic carbocycles. The van der Waals surface area contributed by atoms with Crippen molar-refractivity contribution in [1.29, 1.82) is 0 Å². The van der Waals surface area contributed by atoms with Crippen LogP contribution in [-0.4, -0.2) is 52.6 Å². The van der Waals surface area contributed by atoms with Crippen LogP contribution in [0.1, 0.15) is 58.4 Å². The Bertz CT molecular complexity index is 1460. The number of thiocarbonyl (C=S) groups is 1. The summed E-state index contributed by atoms with van der Waals surface area (Å²) in [5, 5.41) is 19.0. The third-order valence-corrected chi connectivity index (χ3v) is 8.38. The monoisotopic (exact) mass is 641 g/mol. The number of carboxylic acid groups (broad SMARTS) is 1. The van der Waals surface area contributed by atoms with Crippen molar-refractivity contribution in [3.63, 3.8) is 0 Å². The first-order chi connectivity index (χ1) is 20.6. The SMILES string of the molecule is CN(C(=S)NC(Cc1ccc(NC(=O)c2c(Cl)cncc2Cl)cc1)C(=O)O)c1ccccc1C(=O)NCC1CCCCC1. The highest BCUT2D eigenvalue weighted by Crippen LogP contribution is 2.25. The van der Waals surface area contributed by atoms with Crippen LogP contribution in [0.2, 0.25) is 10.0 Å². The van der Waals surface area contributed by atoms with Gasteiger partial charge in [-0.2, -0.15) is 0 Å². The third-order valence-electron chi connectivity index (χ3n) is 7.42. The number of anilines is 2. The van der Waals surface area contributed by atoms with Crippen LogP contribution >= 0.6 is 35.4 Å². The van der Waals surface area contributed by atoms with E-state index in [9.17, 15) is 19.5 Å². The summed E-state index contributed by atoms with van der Waals surface area (Å²) in [7, 11) is 1.69. The highest BCUT2D eigenvalue weighted by Gasteiger charge is 2.24. The summed E-state index contributed by atoms with van der Waals surface area (Å²) < 4.78 is 0. The number of carbonyl (C=O) groups excluding carboxylic acids is 2. The number of para-hydroxylation sites is 1. The summed E-state index contributed by atoms with van der Waals surface area (Å²) in [5.74, 6) is -1.28. The largest absolute Gasteiger partial charge is 0.480 e. The van der Waals surface area contributed by atoms with Crippen LogP contribution in [0, 0.1) is 5.92 Å². The molecule has 9 nitrogen and oxygen atoms in total. The molecular formula is C31H33Cl2N5O4S. The number of hydrogen-bond acceptors (Lipinski definition) is 5. The zero-order valence-corrected chi connectivity index (χ0v) is 25.9. The Balaban J connectivity index is 1.38. The summed E-state index contributed by atoms with van der Waals surface area (Å²) in [5.41, 5.74) is 2.32. The van der Waals surface area contributed by atoms with E-state index in [0.29, 0.717) is 35.0 Å². The van der Waals surface area contributed by atoms with Crippen molar-refractivity contribution in [2.24, 2.45) is 5.92 Å². The minimum atomic E-state index is -1.09. The molecule has 0 spiro atoms. The molecule has 1 saturated carbocycles. The van der Waals surface area contributed by atoms with Gasteiger partial charge in [-0.3, -0.25) is 14.6 Å². The lowest BCUT2D eigenvalue weighted by atomic mass is 9.89. The maximum atomic E-state index is 13.1. The fraction of sp³-hybridized carbons (Fsp3) is 0.323. The summed E-state index contributed by atoms with van der Waals surface area (Å²) in [4.78, 5) is 43.3. The number of aromatic nitrogens is 1. The molecule has 1 fully saturated rings. The molecule has 1 atom stereocenters. The second kappa shape index (κ2) is 15.1. The molecule has 2 amide bonds. The lowest BCUT2D eigenvalue weighted by Gasteiger charge is -2.26. The van der Waals surface area contributed by atoms with Crippen molar-refractivity contribution in [1.82, 2.24) is 15.6 Å². The fourth-order valence-corrected chi connectivity index (χ4v) is 5.80. The number of pyridine rings is 1. The zero-order chi connectivity index (χ0) is 30.9. The molecule has 43 heavy (non-hydrogen) atoms. The Hall–Kier alpha value is -3.73. The normalized spacial score (nSPS) is 13.9. The molecule has 12 heteroatoms. The number of aliphatic carboxylic acids is 1.